The Labute approximate surface area is 236 Å². The van der Waals surface area contributed by atoms with Crippen LogP contribution in [0.25, 0.3) is 0 Å². The van der Waals surface area contributed by atoms with Crippen LogP contribution >= 0.6 is 11.3 Å². The highest BCUT2D eigenvalue weighted by atomic mass is 32.2. The quantitative estimate of drug-likeness (QED) is 0.416. The number of hydrogen-bond acceptors (Lipinski definition) is 6. The Kier molecular flexibility index (Phi) is 8.87. The number of amides is 1. The second-order valence-corrected chi connectivity index (χ2v) is 15.2. The van der Waals surface area contributed by atoms with Crippen molar-refractivity contribution in [2.45, 2.75) is 95.4 Å². The first-order valence-corrected chi connectivity index (χ1v) is 16.1. The normalized spacial score (nSPS) is 23.9. The number of carbonyl (C=O) groups is 2. The van der Waals surface area contributed by atoms with E-state index in [0.29, 0.717) is 42.2 Å². The summed E-state index contributed by atoms with van der Waals surface area (Å²) in [5.74, 6) is 5.55. The Bertz CT molecular complexity index is 1350. The lowest BCUT2D eigenvalue weighted by molar-refractivity contribution is -0.124. The number of carboxylic acid groups (broad SMARTS) is 1. The van der Waals surface area contributed by atoms with Gasteiger partial charge >= 0.3 is 5.97 Å². The molecular formula is C30H38N2O5S2. The van der Waals surface area contributed by atoms with Gasteiger partial charge in [0.15, 0.2) is 14.9 Å². The lowest BCUT2D eigenvalue weighted by Crippen LogP contribution is -2.47. The smallest absolute Gasteiger partial charge is 0.348 e. The number of carbonyl (C=O) groups excluding carboxylic acids is 1. The molecule has 210 valence electrons. The molecule has 0 aliphatic heterocycles. The van der Waals surface area contributed by atoms with Crippen LogP contribution in [0.3, 0.4) is 0 Å². The highest BCUT2D eigenvalue weighted by molar-refractivity contribution is 7.92. The van der Waals surface area contributed by atoms with E-state index in [2.05, 4.69) is 23.7 Å². The highest BCUT2D eigenvalue weighted by Gasteiger charge is 2.40. The molecule has 0 aromatic carbocycles. The van der Waals surface area contributed by atoms with Crippen molar-refractivity contribution in [1.82, 2.24) is 4.98 Å². The third-order valence-corrected chi connectivity index (χ3v) is 10.9. The highest BCUT2D eigenvalue weighted by Crippen LogP contribution is 2.40. The summed E-state index contributed by atoms with van der Waals surface area (Å²) in [6, 6.07) is 6.34. The van der Waals surface area contributed by atoms with Crippen LogP contribution < -0.4 is 4.90 Å². The minimum Gasteiger partial charge on any atom is -0.477 e. The summed E-state index contributed by atoms with van der Waals surface area (Å²) < 4.78 is 26.4. The zero-order valence-corrected chi connectivity index (χ0v) is 24.8. The van der Waals surface area contributed by atoms with Gasteiger partial charge in [0, 0.05) is 23.6 Å². The minimum atomic E-state index is -3.59. The fourth-order valence-electron chi connectivity index (χ4n) is 5.52. The molecule has 2 fully saturated rings. The molecule has 2 aromatic heterocycles. The topological polar surface area (TPSA) is 105 Å². The van der Waals surface area contributed by atoms with Gasteiger partial charge in [0.05, 0.1) is 15.8 Å². The van der Waals surface area contributed by atoms with E-state index in [4.69, 9.17) is 0 Å². The lowest BCUT2D eigenvalue weighted by Gasteiger charge is -2.39. The van der Waals surface area contributed by atoms with E-state index in [-0.39, 0.29) is 33.2 Å². The molecule has 2 saturated carbocycles. The van der Waals surface area contributed by atoms with Gasteiger partial charge in [0.1, 0.15) is 4.88 Å². The summed E-state index contributed by atoms with van der Waals surface area (Å²) in [5, 5.41) is 9.59. The Morgan fingerprint density at radius 3 is 2.28 bits per heavy atom. The molecule has 0 spiro atoms. The van der Waals surface area contributed by atoms with Gasteiger partial charge in [-0.2, -0.15) is 0 Å². The van der Waals surface area contributed by atoms with Crippen LogP contribution in [-0.4, -0.2) is 41.7 Å². The van der Waals surface area contributed by atoms with Gasteiger partial charge in [-0.3, -0.25) is 4.79 Å². The van der Waals surface area contributed by atoms with E-state index >= 15 is 0 Å². The van der Waals surface area contributed by atoms with Crippen LogP contribution in [-0.2, 0) is 14.6 Å². The first kappa shape index (κ1) is 29.3. The molecule has 39 heavy (non-hydrogen) atoms. The second-order valence-electron chi connectivity index (χ2n) is 11.9. The summed E-state index contributed by atoms with van der Waals surface area (Å²) in [6.07, 6.45) is 6.71. The number of sulfone groups is 1. The molecule has 0 radical (unpaired) electrons. The molecule has 2 aliphatic carbocycles. The summed E-state index contributed by atoms with van der Waals surface area (Å²) in [4.78, 5) is 32.9. The maximum Gasteiger partial charge on any atom is 0.348 e. The Morgan fingerprint density at radius 2 is 1.72 bits per heavy atom. The molecular weight excluding hydrogens is 532 g/mol. The number of aromatic carboxylic acids is 1. The number of rotatable bonds is 6. The van der Waals surface area contributed by atoms with Crippen molar-refractivity contribution < 1.29 is 23.1 Å². The first-order chi connectivity index (χ1) is 18.4. The predicted molar refractivity (Wildman–Crippen MR) is 154 cm³/mol. The van der Waals surface area contributed by atoms with E-state index in [1.165, 1.54) is 12.3 Å². The first-order valence-electron chi connectivity index (χ1n) is 13.7. The molecule has 2 heterocycles. The van der Waals surface area contributed by atoms with E-state index in [1.807, 2.05) is 20.8 Å². The zero-order valence-electron chi connectivity index (χ0n) is 23.1. The van der Waals surface area contributed by atoms with Gasteiger partial charge in [0.25, 0.3) is 0 Å². The fraction of sp³-hybridized carbons (Fsp3) is 0.567. The molecule has 2 aliphatic rings. The number of nitrogens with zero attached hydrogens (tertiary/aromatic N) is 2. The molecule has 0 unspecified atom stereocenters. The average molecular weight is 571 g/mol. The number of thiophene rings is 1. The van der Waals surface area contributed by atoms with Gasteiger partial charge < -0.3 is 10.0 Å². The van der Waals surface area contributed by atoms with Gasteiger partial charge in [-0.25, -0.2) is 18.2 Å². The minimum absolute atomic E-state index is 0.0476. The summed E-state index contributed by atoms with van der Waals surface area (Å²) in [5.41, 5.74) is 0.143. The van der Waals surface area contributed by atoms with Crippen molar-refractivity contribution >= 4 is 38.7 Å². The zero-order chi connectivity index (χ0) is 28.4. The van der Waals surface area contributed by atoms with Crippen molar-refractivity contribution in [2.24, 2.45) is 17.3 Å². The maximum atomic E-state index is 14.1. The van der Waals surface area contributed by atoms with Gasteiger partial charge in [-0.1, -0.05) is 24.8 Å². The largest absolute Gasteiger partial charge is 0.477 e. The lowest BCUT2D eigenvalue weighted by atomic mass is 9.81. The second kappa shape index (κ2) is 11.8. The number of carboxylic acids is 1. The van der Waals surface area contributed by atoms with Crippen molar-refractivity contribution in [3.8, 4) is 11.8 Å². The fourth-order valence-corrected chi connectivity index (χ4v) is 8.08. The van der Waals surface area contributed by atoms with Crippen molar-refractivity contribution in [2.75, 3.05) is 4.90 Å². The number of anilines is 1. The van der Waals surface area contributed by atoms with Crippen LogP contribution in [0.2, 0.25) is 0 Å². The number of hydrogen-bond donors (Lipinski definition) is 1. The Morgan fingerprint density at radius 1 is 1.05 bits per heavy atom. The van der Waals surface area contributed by atoms with E-state index < -0.39 is 21.1 Å². The third-order valence-electron chi connectivity index (χ3n) is 7.71. The van der Waals surface area contributed by atoms with Crippen molar-refractivity contribution in [3.05, 3.63) is 40.2 Å². The molecule has 1 N–H and O–H groups in total. The molecule has 1 amide bonds. The molecule has 0 atom stereocenters. The van der Waals surface area contributed by atoms with Gasteiger partial charge in [0.2, 0.25) is 5.91 Å². The van der Waals surface area contributed by atoms with Crippen LogP contribution in [0.15, 0.2) is 35.5 Å². The molecule has 7 nitrogen and oxygen atoms in total. The van der Waals surface area contributed by atoms with Crippen LogP contribution in [0.1, 0.15) is 93.6 Å². The summed E-state index contributed by atoms with van der Waals surface area (Å²) >= 11 is 1.10. The van der Waals surface area contributed by atoms with Crippen molar-refractivity contribution in [1.29, 1.82) is 0 Å². The molecule has 0 bridgehead atoms. The summed E-state index contributed by atoms with van der Waals surface area (Å²) in [7, 11) is -3.59. The Balaban J connectivity index is 1.66. The molecule has 0 saturated heterocycles. The molecule has 4 rings (SSSR count). The number of pyridine rings is 1. The van der Waals surface area contributed by atoms with Crippen LogP contribution in [0.5, 0.6) is 0 Å². The maximum absolute atomic E-state index is 14.1. The third kappa shape index (κ3) is 6.90. The van der Waals surface area contributed by atoms with Gasteiger partial charge in [-0.15, -0.1) is 11.3 Å². The van der Waals surface area contributed by atoms with E-state index in [0.717, 1.165) is 37.0 Å². The van der Waals surface area contributed by atoms with Crippen LogP contribution in [0, 0.1) is 29.1 Å². The Hall–Kier alpha value is -2.70. The summed E-state index contributed by atoms with van der Waals surface area (Å²) in [6.45, 7) is 8.17. The monoisotopic (exact) mass is 570 g/mol. The molecule has 9 heteroatoms. The van der Waals surface area contributed by atoms with Crippen molar-refractivity contribution in [3.63, 3.8) is 0 Å². The van der Waals surface area contributed by atoms with Gasteiger partial charge in [-0.05, 0) is 96.3 Å². The number of aromatic nitrogens is 1. The average Bonchev–Trinajstić information content (AvgIpc) is 3.33. The molecule has 2 aromatic rings. The SMILES string of the molecule is CC1CCC(C(=O)N(c2cc(C#CC(C)(C)C)sc2C(=O)O)C2CCC(S(=O)(=O)c3ccccn3)CC2)CC1. The predicted octanol–water partition coefficient (Wildman–Crippen LogP) is 6.18. The standard InChI is InChI=1S/C30H38N2O5S2/c1-20-8-10-21(11-9-20)28(33)32(25-19-23(16-17-30(2,3)4)38-27(25)29(34)35)22-12-14-24(15-13-22)39(36,37)26-7-5-6-18-31-26/h5-7,18-22,24H,8-15H2,1-4H3,(H,34,35). The van der Waals surface area contributed by atoms with E-state index in [9.17, 15) is 23.1 Å². The van der Waals surface area contributed by atoms with E-state index in [1.54, 1.807) is 23.1 Å². The van der Waals surface area contributed by atoms with Crippen LogP contribution in [0.4, 0.5) is 5.69 Å².